The van der Waals surface area contributed by atoms with Crippen molar-refractivity contribution in [3.8, 4) is 12.3 Å². The molecule has 20 heavy (non-hydrogen) atoms. The highest BCUT2D eigenvalue weighted by molar-refractivity contribution is 5.83. The van der Waals surface area contributed by atoms with Crippen LogP contribution in [0.15, 0.2) is 23.3 Å². The van der Waals surface area contributed by atoms with Crippen LogP contribution in [0.1, 0.15) is 48.0 Å². The van der Waals surface area contributed by atoms with Crippen molar-refractivity contribution in [3.05, 3.63) is 23.3 Å². The lowest BCUT2D eigenvalue weighted by Crippen LogP contribution is -2.31. The molecule has 0 aromatic rings. The second-order valence-electron chi connectivity index (χ2n) is 6.57. The molecule has 1 rings (SSSR count). The lowest BCUT2D eigenvalue weighted by atomic mass is 9.78. The number of carbonyl (C=O) groups is 1. The summed E-state index contributed by atoms with van der Waals surface area (Å²) in [6.07, 6.45) is 10.7. The highest BCUT2D eigenvalue weighted by atomic mass is 16.4. The molecule has 0 aliphatic heterocycles. The number of terminal acetylenes is 1. The van der Waals surface area contributed by atoms with Crippen LogP contribution in [0.2, 0.25) is 0 Å². The summed E-state index contributed by atoms with van der Waals surface area (Å²) in [5.74, 6) is 1.60. The van der Waals surface area contributed by atoms with Crippen LogP contribution in [0.3, 0.4) is 0 Å². The van der Waals surface area contributed by atoms with Gasteiger partial charge < -0.3 is 5.11 Å². The van der Waals surface area contributed by atoms with Crippen molar-refractivity contribution >= 4 is 5.97 Å². The lowest BCUT2D eigenvalue weighted by molar-refractivity contribution is -0.146. The summed E-state index contributed by atoms with van der Waals surface area (Å²) in [5.41, 5.74) is 0.930. The maximum absolute atomic E-state index is 12.0. The molecule has 0 spiro atoms. The Morgan fingerprint density at radius 2 is 1.95 bits per heavy atom. The third-order valence-corrected chi connectivity index (χ3v) is 4.71. The molecule has 2 heteroatoms. The SMILES string of the molecule is C#CC(C(C)=CCC)[C@]1(C(=O)O)[C@H](C=C(C)C)C1(C)C. The lowest BCUT2D eigenvalue weighted by Gasteiger charge is -2.23. The van der Waals surface area contributed by atoms with E-state index >= 15 is 0 Å². The Bertz CT molecular complexity index is 498. The predicted octanol–water partition coefficient (Wildman–Crippen LogP) is 4.29. The summed E-state index contributed by atoms with van der Waals surface area (Å²) >= 11 is 0. The number of hydrogen-bond donors (Lipinski definition) is 1. The van der Waals surface area contributed by atoms with Gasteiger partial charge in [0.1, 0.15) is 0 Å². The van der Waals surface area contributed by atoms with Crippen LogP contribution in [0.25, 0.3) is 0 Å². The molecule has 110 valence electrons. The first-order valence-electron chi connectivity index (χ1n) is 7.19. The number of allylic oxidation sites excluding steroid dienone is 4. The highest BCUT2D eigenvalue weighted by Crippen LogP contribution is 2.74. The molecule has 1 aliphatic carbocycles. The third-order valence-electron chi connectivity index (χ3n) is 4.71. The first-order chi connectivity index (χ1) is 9.17. The van der Waals surface area contributed by atoms with Gasteiger partial charge in [-0.2, -0.15) is 0 Å². The number of carboxylic acid groups (broad SMARTS) is 1. The minimum Gasteiger partial charge on any atom is -0.481 e. The van der Waals surface area contributed by atoms with Crippen LogP contribution in [0, 0.1) is 35.0 Å². The zero-order valence-corrected chi connectivity index (χ0v) is 13.4. The van der Waals surface area contributed by atoms with E-state index in [9.17, 15) is 9.90 Å². The summed E-state index contributed by atoms with van der Waals surface area (Å²) in [6, 6.07) is 0. The molecule has 0 heterocycles. The van der Waals surface area contributed by atoms with Crippen LogP contribution in [-0.2, 0) is 4.79 Å². The van der Waals surface area contributed by atoms with Gasteiger partial charge in [0.05, 0.1) is 11.3 Å². The molecule has 0 aromatic heterocycles. The molecule has 0 amide bonds. The first kappa shape index (κ1) is 16.6. The maximum Gasteiger partial charge on any atom is 0.312 e. The molecule has 1 aliphatic rings. The highest BCUT2D eigenvalue weighted by Gasteiger charge is 2.77. The van der Waals surface area contributed by atoms with E-state index in [0.717, 1.165) is 17.6 Å². The Morgan fingerprint density at radius 1 is 1.40 bits per heavy atom. The Morgan fingerprint density at radius 3 is 2.30 bits per heavy atom. The van der Waals surface area contributed by atoms with Crippen molar-refractivity contribution in [2.45, 2.75) is 48.0 Å². The number of aliphatic carboxylic acids is 1. The molecule has 1 unspecified atom stereocenters. The fourth-order valence-electron chi connectivity index (χ4n) is 3.66. The van der Waals surface area contributed by atoms with Crippen LogP contribution in [-0.4, -0.2) is 11.1 Å². The number of hydrogen-bond acceptors (Lipinski definition) is 1. The van der Waals surface area contributed by atoms with Gasteiger partial charge >= 0.3 is 5.97 Å². The monoisotopic (exact) mass is 274 g/mol. The summed E-state index contributed by atoms with van der Waals surface area (Å²) in [5, 5.41) is 9.89. The number of carboxylic acids is 1. The maximum atomic E-state index is 12.0. The Labute approximate surface area is 123 Å². The summed E-state index contributed by atoms with van der Waals surface area (Å²) in [6.45, 7) is 12.0. The first-order valence-corrected chi connectivity index (χ1v) is 7.19. The fourth-order valence-corrected chi connectivity index (χ4v) is 3.66. The normalized spacial score (nSPS) is 29.2. The second kappa shape index (κ2) is 5.48. The van der Waals surface area contributed by atoms with Gasteiger partial charge in [0, 0.05) is 5.92 Å². The Kier molecular flexibility index (Phi) is 4.54. The van der Waals surface area contributed by atoms with Crippen LogP contribution < -0.4 is 0 Å². The quantitative estimate of drug-likeness (QED) is 0.600. The van der Waals surface area contributed by atoms with Crippen molar-refractivity contribution in [3.63, 3.8) is 0 Å². The molecule has 2 nitrogen and oxygen atoms in total. The smallest absolute Gasteiger partial charge is 0.312 e. The molecule has 1 fully saturated rings. The fraction of sp³-hybridized carbons (Fsp3) is 0.611. The van der Waals surface area contributed by atoms with E-state index in [1.807, 2.05) is 47.6 Å². The third kappa shape index (κ3) is 2.20. The molecule has 0 aromatic carbocycles. The van der Waals surface area contributed by atoms with Crippen LogP contribution in [0.4, 0.5) is 0 Å². The zero-order chi connectivity index (χ0) is 15.7. The van der Waals surface area contributed by atoms with Crippen molar-refractivity contribution < 1.29 is 9.90 Å². The van der Waals surface area contributed by atoms with Gasteiger partial charge in [-0.25, -0.2) is 0 Å². The minimum absolute atomic E-state index is 0.0150. The summed E-state index contributed by atoms with van der Waals surface area (Å²) in [7, 11) is 0. The van der Waals surface area contributed by atoms with E-state index in [2.05, 4.69) is 12.0 Å². The number of rotatable bonds is 5. The van der Waals surface area contributed by atoms with Gasteiger partial charge in [0.2, 0.25) is 0 Å². The molecular weight excluding hydrogens is 248 g/mol. The van der Waals surface area contributed by atoms with E-state index < -0.39 is 11.4 Å². The molecule has 0 radical (unpaired) electrons. The van der Waals surface area contributed by atoms with E-state index in [1.165, 1.54) is 0 Å². The average Bonchev–Trinajstić information content (AvgIpc) is 2.78. The van der Waals surface area contributed by atoms with Gasteiger partial charge in [0.25, 0.3) is 0 Å². The van der Waals surface area contributed by atoms with E-state index in [4.69, 9.17) is 6.42 Å². The van der Waals surface area contributed by atoms with E-state index in [0.29, 0.717) is 0 Å². The van der Waals surface area contributed by atoms with Gasteiger partial charge in [-0.05, 0) is 32.6 Å². The topological polar surface area (TPSA) is 37.3 Å². The van der Waals surface area contributed by atoms with Crippen molar-refractivity contribution in [1.82, 2.24) is 0 Å². The molecular formula is C18H26O2. The molecule has 1 N–H and O–H groups in total. The van der Waals surface area contributed by atoms with Crippen molar-refractivity contribution in [2.75, 3.05) is 0 Å². The second-order valence-corrected chi connectivity index (χ2v) is 6.57. The largest absolute Gasteiger partial charge is 0.481 e. The summed E-state index contributed by atoms with van der Waals surface area (Å²) in [4.78, 5) is 12.0. The van der Waals surface area contributed by atoms with Crippen LogP contribution in [0.5, 0.6) is 0 Å². The molecule has 0 bridgehead atoms. The predicted molar refractivity (Wildman–Crippen MR) is 83.1 cm³/mol. The zero-order valence-electron chi connectivity index (χ0n) is 13.4. The molecule has 1 saturated carbocycles. The Balaban J connectivity index is 3.40. The Hall–Kier alpha value is -1.49. The van der Waals surface area contributed by atoms with Gasteiger partial charge in [-0.1, -0.05) is 50.0 Å². The minimum atomic E-state index is -0.880. The standard InChI is InChI=1S/C18H26O2/c1-8-10-13(5)14(9-2)18(16(19)20)15(11-12(3)4)17(18,6)7/h2,10-11,14-15H,8H2,1,3-7H3,(H,19,20)/t14?,15-,18-/m1/s1. The van der Waals surface area contributed by atoms with Gasteiger partial charge in [0.15, 0.2) is 0 Å². The van der Waals surface area contributed by atoms with Crippen molar-refractivity contribution in [2.24, 2.45) is 22.7 Å². The van der Waals surface area contributed by atoms with Gasteiger partial charge in [-0.3, -0.25) is 4.79 Å². The average molecular weight is 274 g/mol. The van der Waals surface area contributed by atoms with Gasteiger partial charge in [-0.15, -0.1) is 6.42 Å². The molecule has 0 saturated heterocycles. The van der Waals surface area contributed by atoms with Crippen LogP contribution >= 0.6 is 0 Å². The van der Waals surface area contributed by atoms with E-state index in [1.54, 1.807) is 0 Å². The summed E-state index contributed by atoms with van der Waals surface area (Å²) < 4.78 is 0. The van der Waals surface area contributed by atoms with E-state index in [-0.39, 0.29) is 17.3 Å². The molecule has 3 atom stereocenters. The van der Waals surface area contributed by atoms with Crippen molar-refractivity contribution in [1.29, 1.82) is 0 Å².